The standard InChI is InChI=1S/C16H19N3O/c1-16(2,3)15(20)19-14(7-9-18-19)12-5-4-11-6-8-17-13(11)10-12/h4-6,8-10,14,17H,7H2,1-3H3. The lowest BCUT2D eigenvalue weighted by Gasteiger charge is -2.28. The highest BCUT2D eigenvalue weighted by Gasteiger charge is 2.34. The zero-order chi connectivity index (χ0) is 14.3. The van der Waals surface area contributed by atoms with Gasteiger partial charge in [0.05, 0.1) is 6.04 Å². The van der Waals surface area contributed by atoms with Gasteiger partial charge in [0.15, 0.2) is 0 Å². The summed E-state index contributed by atoms with van der Waals surface area (Å²) in [6.45, 7) is 5.78. The second kappa shape index (κ2) is 4.47. The van der Waals surface area contributed by atoms with Crippen molar-refractivity contribution in [1.82, 2.24) is 9.99 Å². The van der Waals surface area contributed by atoms with Gasteiger partial charge in [0.1, 0.15) is 0 Å². The molecule has 1 aromatic heterocycles. The van der Waals surface area contributed by atoms with Crippen LogP contribution in [-0.2, 0) is 4.79 Å². The van der Waals surface area contributed by atoms with Gasteiger partial charge in [0, 0.05) is 29.8 Å². The first kappa shape index (κ1) is 12.9. The van der Waals surface area contributed by atoms with Crippen molar-refractivity contribution in [2.24, 2.45) is 10.5 Å². The third kappa shape index (κ3) is 2.11. The van der Waals surface area contributed by atoms with E-state index in [4.69, 9.17) is 0 Å². The highest BCUT2D eigenvalue weighted by molar-refractivity contribution is 5.85. The zero-order valence-corrected chi connectivity index (χ0v) is 12.1. The predicted molar refractivity (Wildman–Crippen MR) is 80.4 cm³/mol. The Balaban J connectivity index is 1.94. The van der Waals surface area contributed by atoms with Gasteiger partial charge in [-0.05, 0) is 23.1 Å². The fraction of sp³-hybridized carbons (Fsp3) is 0.375. The topological polar surface area (TPSA) is 48.5 Å². The van der Waals surface area contributed by atoms with E-state index in [2.05, 4.69) is 28.3 Å². The molecule has 1 aliphatic rings. The number of hydrogen-bond acceptors (Lipinski definition) is 2. The predicted octanol–water partition coefficient (Wildman–Crippen LogP) is 3.47. The summed E-state index contributed by atoms with van der Waals surface area (Å²) >= 11 is 0. The molecule has 0 bridgehead atoms. The maximum absolute atomic E-state index is 12.5. The summed E-state index contributed by atoms with van der Waals surface area (Å²) in [6.07, 6.45) is 4.53. The minimum absolute atomic E-state index is 0.00873. The largest absolute Gasteiger partial charge is 0.361 e. The molecular weight excluding hydrogens is 250 g/mol. The number of carbonyl (C=O) groups is 1. The molecule has 20 heavy (non-hydrogen) atoms. The van der Waals surface area contributed by atoms with Crippen LogP contribution in [0, 0.1) is 5.41 Å². The van der Waals surface area contributed by atoms with Gasteiger partial charge in [0.25, 0.3) is 0 Å². The summed E-state index contributed by atoms with van der Waals surface area (Å²) in [7, 11) is 0. The SMILES string of the molecule is CC(C)(C)C(=O)N1N=CCC1c1ccc2cc[nH]c2c1. The molecule has 0 saturated carbocycles. The Labute approximate surface area is 118 Å². The molecule has 1 aliphatic heterocycles. The van der Waals surface area contributed by atoms with Crippen LogP contribution in [0.15, 0.2) is 35.6 Å². The van der Waals surface area contributed by atoms with Crippen molar-refractivity contribution < 1.29 is 4.79 Å². The van der Waals surface area contributed by atoms with Crippen molar-refractivity contribution >= 4 is 23.0 Å². The molecule has 0 spiro atoms. The first-order valence-corrected chi connectivity index (χ1v) is 6.90. The Morgan fingerprint density at radius 3 is 2.90 bits per heavy atom. The van der Waals surface area contributed by atoms with Gasteiger partial charge in [-0.1, -0.05) is 32.9 Å². The Kier molecular flexibility index (Phi) is 2.89. The Morgan fingerprint density at radius 1 is 1.35 bits per heavy atom. The van der Waals surface area contributed by atoms with E-state index < -0.39 is 5.41 Å². The monoisotopic (exact) mass is 269 g/mol. The molecule has 0 aliphatic carbocycles. The summed E-state index contributed by atoms with van der Waals surface area (Å²) < 4.78 is 0. The molecule has 1 amide bonds. The number of hydrogen-bond donors (Lipinski definition) is 1. The highest BCUT2D eigenvalue weighted by atomic mass is 16.2. The number of carbonyl (C=O) groups excluding carboxylic acids is 1. The van der Waals surface area contributed by atoms with Crippen LogP contribution in [0.25, 0.3) is 10.9 Å². The number of aromatic nitrogens is 1. The third-order valence-corrected chi connectivity index (χ3v) is 3.64. The molecule has 1 atom stereocenters. The van der Waals surface area contributed by atoms with Crippen LogP contribution in [0.5, 0.6) is 0 Å². The molecule has 4 heteroatoms. The van der Waals surface area contributed by atoms with E-state index in [0.29, 0.717) is 0 Å². The van der Waals surface area contributed by atoms with Gasteiger partial charge in [0.2, 0.25) is 5.91 Å². The number of H-pyrrole nitrogens is 1. The van der Waals surface area contributed by atoms with Crippen molar-refractivity contribution in [3.8, 4) is 0 Å². The van der Waals surface area contributed by atoms with Crippen molar-refractivity contribution in [2.45, 2.75) is 33.2 Å². The van der Waals surface area contributed by atoms with E-state index in [-0.39, 0.29) is 11.9 Å². The van der Waals surface area contributed by atoms with Gasteiger partial charge in [-0.3, -0.25) is 4.79 Å². The molecule has 2 heterocycles. The van der Waals surface area contributed by atoms with E-state index in [1.54, 1.807) is 5.01 Å². The average Bonchev–Trinajstić information content (AvgIpc) is 3.04. The summed E-state index contributed by atoms with van der Waals surface area (Å²) in [6, 6.07) is 8.33. The van der Waals surface area contributed by atoms with Crippen LogP contribution in [-0.4, -0.2) is 22.1 Å². The van der Waals surface area contributed by atoms with Gasteiger partial charge >= 0.3 is 0 Å². The van der Waals surface area contributed by atoms with Crippen molar-refractivity contribution in [3.05, 3.63) is 36.0 Å². The summed E-state index contributed by atoms with van der Waals surface area (Å²) in [5, 5.41) is 7.09. The number of fused-ring (bicyclic) bond motifs is 1. The van der Waals surface area contributed by atoms with Gasteiger partial charge in [-0.15, -0.1) is 0 Å². The normalized spacial score (nSPS) is 18.9. The molecule has 1 aromatic carbocycles. The third-order valence-electron chi connectivity index (χ3n) is 3.64. The lowest BCUT2D eigenvalue weighted by atomic mass is 9.93. The number of amides is 1. The molecule has 1 unspecified atom stereocenters. The van der Waals surface area contributed by atoms with Gasteiger partial charge in [-0.2, -0.15) is 5.10 Å². The number of nitrogens with one attached hydrogen (secondary N) is 1. The van der Waals surface area contributed by atoms with Crippen LogP contribution in [0.1, 0.15) is 38.8 Å². The minimum atomic E-state index is -0.420. The maximum atomic E-state index is 12.5. The van der Waals surface area contributed by atoms with Crippen LogP contribution >= 0.6 is 0 Å². The smallest absolute Gasteiger partial charge is 0.248 e. The second-order valence-corrected chi connectivity index (χ2v) is 6.27. The first-order chi connectivity index (χ1) is 9.47. The van der Waals surface area contributed by atoms with Gasteiger partial charge < -0.3 is 4.98 Å². The minimum Gasteiger partial charge on any atom is -0.361 e. The molecule has 3 rings (SSSR count). The van der Waals surface area contributed by atoms with E-state index >= 15 is 0 Å². The van der Waals surface area contributed by atoms with E-state index in [9.17, 15) is 4.79 Å². The summed E-state index contributed by atoms with van der Waals surface area (Å²) in [5.41, 5.74) is 1.80. The molecule has 1 N–H and O–H groups in total. The van der Waals surface area contributed by atoms with E-state index in [1.807, 2.05) is 39.2 Å². The Morgan fingerprint density at radius 2 is 2.15 bits per heavy atom. The number of benzene rings is 1. The number of rotatable bonds is 1. The number of hydrazone groups is 1. The molecule has 0 radical (unpaired) electrons. The van der Waals surface area contributed by atoms with E-state index in [1.165, 1.54) is 5.39 Å². The summed E-state index contributed by atoms with van der Waals surface area (Å²) in [4.78, 5) is 15.7. The summed E-state index contributed by atoms with van der Waals surface area (Å²) in [5.74, 6) is 0.0582. The van der Waals surface area contributed by atoms with Crippen LogP contribution in [0.2, 0.25) is 0 Å². The number of nitrogens with zero attached hydrogens (tertiary/aromatic N) is 2. The Bertz CT molecular complexity index is 678. The fourth-order valence-corrected chi connectivity index (χ4v) is 2.50. The molecule has 0 saturated heterocycles. The highest BCUT2D eigenvalue weighted by Crippen LogP contribution is 2.33. The molecule has 4 nitrogen and oxygen atoms in total. The zero-order valence-electron chi connectivity index (χ0n) is 12.1. The molecular formula is C16H19N3O. The molecule has 0 fully saturated rings. The second-order valence-electron chi connectivity index (χ2n) is 6.27. The first-order valence-electron chi connectivity index (χ1n) is 6.90. The van der Waals surface area contributed by atoms with Crippen LogP contribution < -0.4 is 0 Å². The van der Waals surface area contributed by atoms with E-state index in [0.717, 1.165) is 17.5 Å². The van der Waals surface area contributed by atoms with Crippen LogP contribution in [0.3, 0.4) is 0 Å². The molecule has 2 aromatic rings. The average molecular weight is 269 g/mol. The lowest BCUT2D eigenvalue weighted by Crippen LogP contribution is -2.36. The quantitative estimate of drug-likeness (QED) is 0.846. The van der Waals surface area contributed by atoms with Crippen molar-refractivity contribution in [3.63, 3.8) is 0 Å². The van der Waals surface area contributed by atoms with Gasteiger partial charge in [-0.25, -0.2) is 5.01 Å². The number of aromatic amines is 1. The molecule has 104 valence electrons. The Hall–Kier alpha value is -2.10. The van der Waals surface area contributed by atoms with Crippen molar-refractivity contribution in [1.29, 1.82) is 0 Å². The van der Waals surface area contributed by atoms with Crippen LogP contribution in [0.4, 0.5) is 0 Å². The fourth-order valence-electron chi connectivity index (χ4n) is 2.50. The lowest BCUT2D eigenvalue weighted by molar-refractivity contribution is -0.141. The van der Waals surface area contributed by atoms with Crippen molar-refractivity contribution in [2.75, 3.05) is 0 Å². The maximum Gasteiger partial charge on any atom is 0.248 e.